The van der Waals surface area contributed by atoms with Crippen LogP contribution in [0.5, 0.6) is 0 Å². The molecule has 0 bridgehead atoms. The summed E-state index contributed by atoms with van der Waals surface area (Å²) in [6.07, 6.45) is 5.08. The number of ketones is 1. The highest BCUT2D eigenvalue weighted by atomic mass is 35.5. The molecule has 1 atom stereocenters. The van der Waals surface area contributed by atoms with Crippen molar-refractivity contribution in [3.8, 4) is 0 Å². The number of piperidine rings is 1. The minimum atomic E-state index is -0.465. The van der Waals surface area contributed by atoms with Crippen LogP contribution in [-0.4, -0.2) is 18.4 Å². The number of carbonyl (C=O) groups excluding carboxylic acids is 1. The quantitative estimate of drug-likeness (QED) is 0.896. The van der Waals surface area contributed by atoms with Crippen molar-refractivity contribution in [1.82, 2.24) is 5.32 Å². The molecule has 1 aliphatic heterocycles. The summed E-state index contributed by atoms with van der Waals surface area (Å²) in [5, 5.41) is 3.49. The molecule has 1 N–H and O–H groups in total. The molecule has 0 aromatic heterocycles. The number of halogens is 2. The number of Topliss-reactive ketones (excluding diaryl/α,β-unsaturated/α-hetero) is 1. The lowest BCUT2D eigenvalue weighted by atomic mass is 9.97. The second kappa shape index (κ2) is 7.01. The van der Waals surface area contributed by atoms with Crippen molar-refractivity contribution in [3.63, 3.8) is 0 Å². The summed E-state index contributed by atoms with van der Waals surface area (Å²) < 4.78 is 13.7. The molecule has 4 heteroatoms. The van der Waals surface area contributed by atoms with Gasteiger partial charge in [-0.05, 0) is 37.4 Å². The predicted molar refractivity (Wildman–Crippen MR) is 75.0 cm³/mol. The van der Waals surface area contributed by atoms with Gasteiger partial charge in [-0.1, -0.05) is 30.2 Å². The molecule has 1 aromatic rings. The molecule has 104 valence electrons. The van der Waals surface area contributed by atoms with E-state index < -0.39 is 5.82 Å². The van der Waals surface area contributed by atoms with Crippen LogP contribution in [0.15, 0.2) is 18.2 Å². The van der Waals surface area contributed by atoms with E-state index in [9.17, 15) is 9.18 Å². The van der Waals surface area contributed by atoms with Gasteiger partial charge in [0.25, 0.3) is 0 Å². The molecule has 0 spiro atoms. The highest BCUT2D eigenvalue weighted by Gasteiger charge is 2.15. The van der Waals surface area contributed by atoms with Crippen LogP contribution in [0.4, 0.5) is 4.39 Å². The fourth-order valence-electron chi connectivity index (χ4n) is 2.49. The Kier molecular flexibility index (Phi) is 5.34. The van der Waals surface area contributed by atoms with E-state index in [4.69, 9.17) is 11.6 Å². The molecule has 1 fully saturated rings. The number of rotatable bonds is 5. The standard InChI is InChI=1S/C15H19ClFNO/c16-14-6-3-4-11(15(14)17)10-13(19)8-7-12-5-1-2-9-18-12/h3-4,6,12,18H,1-2,5,7-10H2. The molecule has 1 aliphatic rings. The van der Waals surface area contributed by atoms with E-state index in [0.29, 0.717) is 18.0 Å². The molecule has 0 aliphatic carbocycles. The fourth-order valence-corrected chi connectivity index (χ4v) is 2.69. The molecule has 0 radical (unpaired) electrons. The second-order valence-electron chi connectivity index (χ2n) is 5.11. The van der Waals surface area contributed by atoms with E-state index in [1.165, 1.54) is 18.9 Å². The van der Waals surface area contributed by atoms with Gasteiger partial charge in [0.1, 0.15) is 11.6 Å². The first-order valence-electron chi connectivity index (χ1n) is 6.85. The van der Waals surface area contributed by atoms with Crippen molar-refractivity contribution in [2.24, 2.45) is 0 Å². The fraction of sp³-hybridized carbons (Fsp3) is 0.533. The lowest BCUT2D eigenvalue weighted by Crippen LogP contribution is -2.34. The molecule has 2 nitrogen and oxygen atoms in total. The average molecular weight is 284 g/mol. The molecule has 2 rings (SSSR count). The highest BCUT2D eigenvalue weighted by molar-refractivity contribution is 6.30. The van der Waals surface area contributed by atoms with Gasteiger partial charge in [0, 0.05) is 18.9 Å². The van der Waals surface area contributed by atoms with Crippen LogP contribution in [0.1, 0.15) is 37.7 Å². The monoisotopic (exact) mass is 283 g/mol. The molecule has 0 saturated carbocycles. The van der Waals surface area contributed by atoms with Gasteiger partial charge in [0.15, 0.2) is 0 Å². The van der Waals surface area contributed by atoms with Gasteiger partial charge in [0.05, 0.1) is 5.02 Å². The van der Waals surface area contributed by atoms with E-state index in [-0.39, 0.29) is 17.2 Å². The number of hydrogen-bond acceptors (Lipinski definition) is 2. The lowest BCUT2D eigenvalue weighted by molar-refractivity contribution is -0.118. The van der Waals surface area contributed by atoms with Crippen molar-refractivity contribution in [3.05, 3.63) is 34.6 Å². The maximum absolute atomic E-state index is 13.7. The Balaban J connectivity index is 1.82. The summed E-state index contributed by atoms with van der Waals surface area (Å²) in [5.41, 5.74) is 0.397. The van der Waals surface area contributed by atoms with Gasteiger partial charge in [-0.15, -0.1) is 0 Å². The van der Waals surface area contributed by atoms with Crippen LogP contribution in [0.3, 0.4) is 0 Å². The predicted octanol–water partition coefficient (Wildman–Crippen LogP) is 3.51. The number of benzene rings is 1. The SMILES string of the molecule is O=C(CCC1CCCCN1)Cc1cccc(Cl)c1F. The van der Waals surface area contributed by atoms with Crippen molar-refractivity contribution in [2.45, 2.75) is 44.6 Å². The van der Waals surface area contributed by atoms with Gasteiger partial charge in [0.2, 0.25) is 0 Å². The van der Waals surface area contributed by atoms with E-state index >= 15 is 0 Å². The molecule has 0 amide bonds. The average Bonchev–Trinajstić information content (AvgIpc) is 2.43. The Morgan fingerprint density at radius 3 is 3.00 bits per heavy atom. The molecular formula is C15H19ClFNO. The number of nitrogens with one attached hydrogen (secondary N) is 1. The molecule has 19 heavy (non-hydrogen) atoms. The first-order chi connectivity index (χ1) is 9.16. The minimum Gasteiger partial charge on any atom is -0.314 e. The van der Waals surface area contributed by atoms with E-state index in [1.54, 1.807) is 12.1 Å². The Morgan fingerprint density at radius 1 is 1.42 bits per heavy atom. The van der Waals surface area contributed by atoms with Crippen LogP contribution in [0, 0.1) is 5.82 Å². The molecule has 1 unspecified atom stereocenters. The van der Waals surface area contributed by atoms with Crippen LogP contribution in [0.25, 0.3) is 0 Å². The second-order valence-corrected chi connectivity index (χ2v) is 5.52. The van der Waals surface area contributed by atoms with Crippen molar-refractivity contribution in [2.75, 3.05) is 6.54 Å². The van der Waals surface area contributed by atoms with Crippen molar-refractivity contribution >= 4 is 17.4 Å². The smallest absolute Gasteiger partial charge is 0.145 e. The molecule has 1 heterocycles. The largest absolute Gasteiger partial charge is 0.314 e. The summed E-state index contributed by atoms with van der Waals surface area (Å²) >= 11 is 5.70. The summed E-state index contributed by atoms with van der Waals surface area (Å²) in [7, 11) is 0. The van der Waals surface area contributed by atoms with Gasteiger partial charge in [-0.3, -0.25) is 4.79 Å². The Labute approximate surface area is 118 Å². The molecular weight excluding hydrogens is 265 g/mol. The number of carbonyl (C=O) groups is 1. The zero-order chi connectivity index (χ0) is 13.7. The lowest BCUT2D eigenvalue weighted by Gasteiger charge is -2.22. The highest BCUT2D eigenvalue weighted by Crippen LogP contribution is 2.19. The molecule has 1 aromatic carbocycles. The van der Waals surface area contributed by atoms with Gasteiger partial charge >= 0.3 is 0 Å². The molecule has 1 saturated heterocycles. The van der Waals surface area contributed by atoms with E-state index in [2.05, 4.69) is 5.32 Å². The topological polar surface area (TPSA) is 29.1 Å². The first-order valence-corrected chi connectivity index (χ1v) is 7.22. The Morgan fingerprint density at radius 2 is 2.26 bits per heavy atom. The van der Waals surface area contributed by atoms with E-state index in [1.807, 2.05) is 0 Å². The summed E-state index contributed by atoms with van der Waals surface area (Å²) in [5.74, 6) is -0.387. The van der Waals surface area contributed by atoms with Gasteiger partial charge in [-0.2, -0.15) is 0 Å². The summed E-state index contributed by atoms with van der Waals surface area (Å²) in [6.45, 7) is 1.04. The van der Waals surface area contributed by atoms with E-state index in [0.717, 1.165) is 19.4 Å². The minimum absolute atomic E-state index is 0.0774. The maximum Gasteiger partial charge on any atom is 0.145 e. The zero-order valence-corrected chi connectivity index (χ0v) is 11.7. The zero-order valence-electron chi connectivity index (χ0n) is 10.9. The van der Waals surface area contributed by atoms with Crippen molar-refractivity contribution < 1.29 is 9.18 Å². The number of hydrogen-bond donors (Lipinski definition) is 1. The summed E-state index contributed by atoms with van der Waals surface area (Å²) in [6, 6.07) is 5.24. The van der Waals surface area contributed by atoms with Gasteiger partial charge in [-0.25, -0.2) is 4.39 Å². The van der Waals surface area contributed by atoms with Gasteiger partial charge < -0.3 is 5.32 Å². The Bertz CT molecular complexity index is 444. The third-order valence-electron chi connectivity index (χ3n) is 3.60. The summed E-state index contributed by atoms with van der Waals surface area (Å²) in [4.78, 5) is 11.9. The Hall–Kier alpha value is -0.930. The van der Waals surface area contributed by atoms with Crippen LogP contribution in [-0.2, 0) is 11.2 Å². The van der Waals surface area contributed by atoms with Crippen molar-refractivity contribution in [1.29, 1.82) is 0 Å². The van der Waals surface area contributed by atoms with Crippen LogP contribution < -0.4 is 5.32 Å². The third kappa shape index (κ3) is 4.29. The first kappa shape index (κ1) is 14.5. The van der Waals surface area contributed by atoms with Crippen LogP contribution in [0.2, 0.25) is 5.02 Å². The normalized spacial score (nSPS) is 19.4. The third-order valence-corrected chi connectivity index (χ3v) is 3.90. The maximum atomic E-state index is 13.7. The van der Waals surface area contributed by atoms with Crippen LogP contribution >= 0.6 is 11.6 Å².